The van der Waals surface area contributed by atoms with Gasteiger partial charge in [0.15, 0.2) is 0 Å². The van der Waals surface area contributed by atoms with E-state index in [9.17, 15) is 0 Å². The van der Waals surface area contributed by atoms with Crippen molar-refractivity contribution in [3.05, 3.63) is 0 Å². The normalized spacial score (nSPS) is 35.1. The lowest BCUT2D eigenvalue weighted by atomic mass is 9.99. The first-order chi connectivity index (χ1) is 4.74. The molecular weight excluding hydrogens is 124 g/mol. The topological polar surface area (TPSA) is 29.3 Å². The molecule has 10 heavy (non-hydrogen) atoms. The van der Waals surface area contributed by atoms with Crippen LogP contribution in [-0.4, -0.2) is 31.1 Å². The molecule has 0 spiro atoms. The van der Waals surface area contributed by atoms with E-state index in [1.807, 2.05) is 0 Å². The van der Waals surface area contributed by atoms with Crippen LogP contribution in [0.25, 0.3) is 0 Å². The highest BCUT2D eigenvalue weighted by atomic mass is 15.1. The molecule has 2 unspecified atom stereocenters. The minimum atomic E-state index is 0.435. The van der Waals surface area contributed by atoms with E-state index in [-0.39, 0.29) is 0 Å². The zero-order valence-electron chi connectivity index (χ0n) is 7.01. The SMILES string of the molecule is CCCC1CN(C)CC1N. The lowest BCUT2D eigenvalue weighted by Crippen LogP contribution is -2.28. The molecule has 2 heteroatoms. The first-order valence-electron chi connectivity index (χ1n) is 4.18. The number of rotatable bonds is 2. The molecular formula is C8H18N2. The summed E-state index contributed by atoms with van der Waals surface area (Å²) < 4.78 is 0. The van der Waals surface area contributed by atoms with Crippen LogP contribution in [0.1, 0.15) is 19.8 Å². The minimum absolute atomic E-state index is 0.435. The van der Waals surface area contributed by atoms with Crippen molar-refractivity contribution < 1.29 is 0 Å². The Morgan fingerprint density at radius 3 is 2.60 bits per heavy atom. The van der Waals surface area contributed by atoms with Crippen LogP contribution < -0.4 is 5.73 Å². The smallest absolute Gasteiger partial charge is 0.0208 e. The third kappa shape index (κ3) is 1.70. The predicted octanol–water partition coefficient (Wildman–Crippen LogP) is 0.675. The first kappa shape index (κ1) is 8.02. The third-order valence-electron chi connectivity index (χ3n) is 2.33. The van der Waals surface area contributed by atoms with Crippen LogP contribution >= 0.6 is 0 Å². The van der Waals surface area contributed by atoms with E-state index in [1.165, 1.54) is 19.4 Å². The lowest BCUT2D eigenvalue weighted by molar-refractivity contribution is 0.387. The first-order valence-corrected chi connectivity index (χ1v) is 4.18. The third-order valence-corrected chi connectivity index (χ3v) is 2.33. The van der Waals surface area contributed by atoms with Crippen molar-refractivity contribution in [2.24, 2.45) is 11.7 Å². The summed E-state index contributed by atoms with van der Waals surface area (Å²) >= 11 is 0. The van der Waals surface area contributed by atoms with Crippen molar-refractivity contribution in [1.29, 1.82) is 0 Å². The zero-order chi connectivity index (χ0) is 7.56. The molecule has 0 aromatic carbocycles. The Morgan fingerprint density at radius 1 is 1.50 bits per heavy atom. The van der Waals surface area contributed by atoms with Gasteiger partial charge in [0, 0.05) is 19.1 Å². The molecule has 1 saturated heterocycles. The average molecular weight is 142 g/mol. The van der Waals surface area contributed by atoms with E-state index in [1.54, 1.807) is 0 Å². The van der Waals surface area contributed by atoms with Crippen LogP contribution in [-0.2, 0) is 0 Å². The summed E-state index contributed by atoms with van der Waals surface area (Å²) in [4.78, 5) is 2.32. The van der Waals surface area contributed by atoms with Gasteiger partial charge in [-0.05, 0) is 19.4 Å². The van der Waals surface area contributed by atoms with E-state index < -0.39 is 0 Å². The van der Waals surface area contributed by atoms with Gasteiger partial charge in [0.2, 0.25) is 0 Å². The van der Waals surface area contributed by atoms with Crippen molar-refractivity contribution in [3.8, 4) is 0 Å². The molecule has 1 aliphatic heterocycles. The van der Waals surface area contributed by atoms with Crippen molar-refractivity contribution in [2.75, 3.05) is 20.1 Å². The predicted molar refractivity (Wildman–Crippen MR) is 43.9 cm³/mol. The number of nitrogens with zero attached hydrogens (tertiary/aromatic N) is 1. The van der Waals surface area contributed by atoms with Crippen molar-refractivity contribution in [2.45, 2.75) is 25.8 Å². The zero-order valence-corrected chi connectivity index (χ0v) is 7.01. The van der Waals surface area contributed by atoms with Gasteiger partial charge in [-0.1, -0.05) is 13.3 Å². The Labute approximate surface area is 63.4 Å². The maximum Gasteiger partial charge on any atom is 0.0208 e. The number of hydrogen-bond donors (Lipinski definition) is 1. The van der Waals surface area contributed by atoms with E-state index in [4.69, 9.17) is 5.73 Å². The van der Waals surface area contributed by atoms with Crippen LogP contribution in [0.2, 0.25) is 0 Å². The molecule has 1 rings (SSSR count). The van der Waals surface area contributed by atoms with Crippen LogP contribution in [0.4, 0.5) is 0 Å². The maximum absolute atomic E-state index is 5.91. The van der Waals surface area contributed by atoms with E-state index >= 15 is 0 Å². The molecule has 0 saturated carbocycles. The van der Waals surface area contributed by atoms with E-state index in [0.29, 0.717) is 6.04 Å². The summed E-state index contributed by atoms with van der Waals surface area (Å²) in [6.07, 6.45) is 2.57. The minimum Gasteiger partial charge on any atom is -0.326 e. The van der Waals surface area contributed by atoms with Crippen LogP contribution in [0, 0.1) is 5.92 Å². The Bertz CT molecular complexity index is 103. The number of likely N-dealkylation sites (N-methyl/N-ethyl adjacent to an activating group) is 1. The van der Waals surface area contributed by atoms with Gasteiger partial charge in [-0.25, -0.2) is 0 Å². The van der Waals surface area contributed by atoms with Gasteiger partial charge < -0.3 is 10.6 Å². The largest absolute Gasteiger partial charge is 0.326 e. The number of likely N-dealkylation sites (tertiary alicyclic amines) is 1. The Kier molecular flexibility index (Phi) is 2.69. The monoisotopic (exact) mass is 142 g/mol. The van der Waals surface area contributed by atoms with Crippen molar-refractivity contribution in [3.63, 3.8) is 0 Å². The molecule has 0 aliphatic carbocycles. The molecule has 2 nitrogen and oxygen atoms in total. The second-order valence-electron chi connectivity index (χ2n) is 3.43. The number of nitrogens with two attached hydrogens (primary N) is 1. The van der Waals surface area contributed by atoms with Crippen molar-refractivity contribution in [1.82, 2.24) is 4.90 Å². The second-order valence-corrected chi connectivity index (χ2v) is 3.43. The molecule has 2 atom stereocenters. The Balaban J connectivity index is 2.31. The average Bonchev–Trinajstić information content (AvgIpc) is 2.13. The second kappa shape index (κ2) is 3.35. The van der Waals surface area contributed by atoms with Gasteiger partial charge in [-0.3, -0.25) is 0 Å². The van der Waals surface area contributed by atoms with Gasteiger partial charge in [0.1, 0.15) is 0 Å². The fourth-order valence-electron chi connectivity index (χ4n) is 1.80. The van der Waals surface area contributed by atoms with Gasteiger partial charge in [-0.15, -0.1) is 0 Å². The molecule has 1 heterocycles. The molecule has 1 fully saturated rings. The van der Waals surface area contributed by atoms with Crippen LogP contribution in [0.5, 0.6) is 0 Å². The van der Waals surface area contributed by atoms with Gasteiger partial charge in [0.05, 0.1) is 0 Å². The maximum atomic E-state index is 5.91. The van der Waals surface area contributed by atoms with Crippen LogP contribution in [0.3, 0.4) is 0 Å². The van der Waals surface area contributed by atoms with Gasteiger partial charge >= 0.3 is 0 Å². The van der Waals surface area contributed by atoms with Crippen molar-refractivity contribution >= 4 is 0 Å². The summed E-state index contributed by atoms with van der Waals surface area (Å²) in [5, 5.41) is 0. The van der Waals surface area contributed by atoms with Gasteiger partial charge in [-0.2, -0.15) is 0 Å². The fourth-order valence-corrected chi connectivity index (χ4v) is 1.80. The lowest BCUT2D eigenvalue weighted by Gasteiger charge is -2.11. The van der Waals surface area contributed by atoms with Crippen LogP contribution in [0.15, 0.2) is 0 Å². The summed E-state index contributed by atoms with van der Waals surface area (Å²) in [6, 6.07) is 0.435. The highest BCUT2D eigenvalue weighted by Gasteiger charge is 2.26. The summed E-state index contributed by atoms with van der Waals surface area (Å²) in [5.74, 6) is 0.759. The molecule has 0 bridgehead atoms. The summed E-state index contributed by atoms with van der Waals surface area (Å²) in [6.45, 7) is 4.52. The quantitative estimate of drug-likeness (QED) is 0.614. The Morgan fingerprint density at radius 2 is 2.20 bits per heavy atom. The molecule has 0 amide bonds. The van der Waals surface area contributed by atoms with E-state index in [0.717, 1.165) is 12.5 Å². The number of hydrogen-bond acceptors (Lipinski definition) is 2. The summed E-state index contributed by atoms with van der Waals surface area (Å²) in [5.41, 5.74) is 5.91. The molecule has 0 radical (unpaired) electrons. The molecule has 60 valence electrons. The fraction of sp³-hybridized carbons (Fsp3) is 1.00. The molecule has 0 aromatic heterocycles. The highest BCUT2D eigenvalue weighted by Crippen LogP contribution is 2.18. The van der Waals surface area contributed by atoms with Gasteiger partial charge in [0.25, 0.3) is 0 Å². The summed E-state index contributed by atoms with van der Waals surface area (Å²) in [7, 11) is 2.15. The standard InChI is InChI=1S/C8H18N2/c1-3-4-7-5-10(2)6-8(7)9/h7-8H,3-6,9H2,1-2H3. The highest BCUT2D eigenvalue weighted by molar-refractivity contribution is 4.84. The van der Waals surface area contributed by atoms with E-state index in [2.05, 4.69) is 18.9 Å². The molecule has 1 aliphatic rings. The molecule has 0 aromatic rings. The Hall–Kier alpha value is -0.0800. The molecule has 2 N–H and O–H groups in total.